The van der Waals surface area contributed by atoms with Crippen molar-refractivity contribution in [1.82, 2.24) is 19.8 Å². The van der Waals surface area contributed by atoms with Gasteiger partial charge in [0.15, 0.2) is 0 Å². The van der Waals surface area contributed by atoms with E-state index in [0.29, 0.717) is 19.4 Å². The van der Waals surface area contributed by atoms with Crippen LogP contribution < -0.4 is 0 Å². The van der Waals surface area contributed by atoms with Gasteiger partial charge in [0.05, 0.1) is 12.8 Å². The molecule has 32 heavy (non-hydrogen) atoms. The number of nitrogens with zero attached hydrogens (tertiary/aromatic N) is 4. The number of hydrogen-bond donors (Lipinski definition) is 0. The molecule has 0 aliphatic carbocycles. The van der Waals surface area contributed by atoms with Gasteiger partial charge in [-0.3, -0.25) is 9.59 Å². The molecule has 2 aliphatic heterocycles. The van der Waals surface area contributed by atoms with Crippen LogP contribution in [0.3, 0.4) is 0 Å². The quantitative estimate of drug-likeness (QED) is 0.722. The van der Waals surface area contributed by atoms with Crippen LogP contribution >= 0.6 is 0 Å². The van der Waals surface area contributed by atoms with E-state index in [1.165, 1.54) is 5.56 Å². The van der Waals surface area contributed by atoms with Gasteiger partial charge < -0.3 is 9.80 Å². The summed E-state index contributed by atoms with van der Waals surface area (Å²) in [4.78, 5) is 39.1. The fraction of sp³-hybridized carbons (Fsp3) is 0.538. The predicted octanol–water partition coefficient (Wildman–Crippen LogP) is 3.52. The van der Waals surface area contributed by atoms with Crippen LogP contribution in [0.1, 0.15) is 65.5 Å². The second-order valence-electron chi connectivity index (χ2n) is 9.34. The van der Waals surface area contributed by atoms with Crippen molar-refractivity contribution in [2.75, 3.05) is 26.2 Å². The van der Waals surface area contributed by atoms with E-state index >= 15 is 0 Å². The molecule has 0 bridgehead atoms. The van der Waals surface area contributed by atoms with Crippen molar-refractivity contribution in [3.63, 3.8) is 0 Å². The summed E-state index contributed by atoms with van der Waals surface area (Å²) in [6, 6.07) is 8.17. The molecule has 1 aromatic carbocycles. The Labute approximate surface area is 191 Å². The Morgan fingerprint density at radius 2 is 1.44 bits per heavy atom. The third kappa shape index (κ3) is 5.17. The third-order valence-electron chi connectivity index (χ3n) is 6.84. The van der Waals surface area contributed by atoms with E-state index in [0.717, 1.165) is 73.7 Å². The molecule has 3 heterocycles. The van der Waals surface area contributed by atoms with Crippen molar-refractivity contribution < 1.29 is 9.59 Å². The average Bonchev–Trinajstić information content (AvgIpc) is 3.33. The van der Waals surface area contributed by atoms with Gasteiger partial charge in [0.25, 0.3) is 0 Å². The molecule has 2 saturated heterocycles. The second-order valence-corrected chi connectivity index (χ2v) is 9.34. The van der Waals surface area contributed by atoms with Gasteiger partial charge in [0.1, 0.15) is 5.82 Å². The summed E-state index contributed by atoms with van der Waals surface area (Å²) in [6.07, 6.45) is 4.95. The number of likely N-dealkylation sites (tertiary alicyclic amines) is 2. The monoisotopic (exact) mass is 434 g/mol. The predicted molar refractivity (Wildman–Crippen MR) is 124 cm³/mol. The Balaban J connectivity index is 1.42. The summed E-state index contributed by atoms with van der Waals surface area (Å²) in [5.74, 6) is 1.30. The molecule has 2 aromatic rings. The number of amides is 2. The van der Waals surface area contributed by atoms with E-state index in [4.69, 9.17) is 9.97 Å². The van der Waals surface area contributed by atoms with Crippen molar-refractivity contribution in [2.24, 2.45) is 0 Å². The first-order valence-corrected chi connectivity index (χ1v) is 11.9. The lowest BCUT2D eigenvalue weighted by Crippen LogP contribution is -2.40. The van der Waals surface area contributed by atoms with Crippen molar-refractivity contribution >= 4 is 11.8 Å². The molecule has 6 heteroatoms. The van der Waals surface area contributed by atoms with E-state index in [-0.39, 0.29) is 17.7 Å². The summed E-state index contributed by atoms with van der Waals surface area (Å²) < 4.78 is 0. The Kier molecular flexibility index (Phi) is 6.87. The molecule has 2 amide bonds. The van der Waals surface area contributed by atoms with E-state index in [1.54, 1.807) is 0 Å². The highest BCUT2D eigenvalue weighted by molar-refractivity contribution is 5.80. The van der Waals surface area contributed by atoms with Gasteiger partial charge in [0, 0.05) is 49.0 Å². The highest BCUT2D eigenvalue weighted by atomic mass is 16.2. The Morgan fingerprint density at radius 3 is 2.09 bits per heavy atom. The smallest absolute Gasteiger partial charge is 0.227 e. The molecule has 2 fully saturated rings. The molecular weight excluding hydrogens is 400 g/mol. The van der Waals surface area contributed by atoms with E-state index < -0.39 is 0 Å². The lowest BCUT2D eigenvalue weighted by Gasteiger charge is -2.32. The minimum atomic E-state index is 0.145. The minimum Gasteiger partial charge on any atom is -0.342 e. The van der Waals surface area contributed by atoms with Crippen LogP contribution in [0.4, 0.5) is 0 Å². The van der Waals surface area contributed by atoms with Crippen LogP contribution in [0, 0.1) is 20.8 Å². The molecule has 170 valence electrons. The van der Waals surface area contributed by atoms with Crippen molar-refractivity contribution in [3.8, 4) is 0 Å². The maximum absolute atomic E-state index is 12.9. The Morgan fingerprint density at radius 1 is 0.844 bits per heavy atom. The normalized spacial score (nSPS) is 18.8. The highest BCUT2D eigenvalue weighted by Crippen LogP contribution is 2.27. The molecule has 0 unspecified atom stereocenters. The van der Waals surface area contributed by atoms with Gasteiger partial charge in [-0.25, -0.2) is 9.97 Å². The maximum atomic E-state index is 12.9. The van der Waals surface area contributed by atoms with Crippen molar-refractivity contribution in [1.29, 1.82) is 0 Å². The maximum Gasteiger partial charge on any atom is 0.227 e. The summed E-state index contributed by atoms with van der Waals surface area (Å²) in [6.45, 7) is 9.20. The molecule has 6 nitrogen and oxygen atoms in total. The van der Waals surface area contributed by atoms with Gasteiger partial charge in [-0.05, 0) is 52.0 Å². The zero-order valence-corrected chi connectivity index (χ0v) is 19.6. The third-order valence-corrected chi connectivity index (χ3v) is 6.84. The lowest BCUT2D eigenvalue weighted by atomic mass is 9.95. The van der Waals surface area contributed by atoms with Gasteiger partial charge in [-0.15, -0.1) is 0 Å². The van der Waals surface area contributed by atoms with Crippen molar-refractivity contribution in [3.05, 3.63) is 58.2 Å². The molecule has 0 radical (unpaired) electrons. The summed E-state index contributed by atoms with van der Waals surface area (Å²) in [7, 11) is 0. The molecule has 2 aliphatic rings. The topological polar surface area (TPSA) is 66.4 Å². The van der Waals surface area contributed by atoms with Crippen LogP contribution in [0.5, 0.6) is 0 Å². The molecule has 1 atom stereocenters. The van der Waals surface area contributed by atoms with Gasteiger partial charge in [-0.1, -0.05) is 29.8 Å². The standard InChI is InChI=1S/C26H34N4O2/c1-18-8-10-21(11-9-18)15-24(31)30-14-6-7-22(17-30)26-27-19(2)23(20(3)28-26)16-25(32)29-12-4-5-13-29/h8-11,22H,4-7,12-17H2,1-3H3/t22-/m1/s1. The first-order valence-electron chi connectivity index (χ1n) is 11.9. The van der Waals surface area contributed by atoms with Gasteiger partial charge >= 0.3 is 0 Å². The second kappa shape index (κ2) is 9.80. The SMILES string of the molecule is Cc1ccc(CC(=O)N2CCC[C@@H](c3nc(C)c(CC(=O)N4CCCC4)c(C)n3)C2)cc1. The van der Waals surface area contributed by atoms with Gasteiger partial charge in [0.2, 0.25) is 11.8 Å². The fourth-order valence-electron chi connectivity index (χ4n) is 4.84. The van der Waals surface area contributed by atoms with Crippen molar-refractivity contribution in [2.45, 2.75) is 65.2 Å². The summed E-state index contributed by atoms with van der Waals surface area (Å²) >= 11 is 0. The lowest BCUT2D eigenvalue weighted by molar-refractivity contribution is -0.132. The molecule has 4 rings (SSSR count). The first-order chi connectivity index (χ1) is 15.4. The minimum absolute atomic E-state index is 0.145. The van der Waals surface area contributed by atoms with Crippen LogP contribution in [-0.4, -0.2) is 57.8 Å². The van der Waals surface area contributed by atoms with Crippen LogP contribution in [0.2, 0.25) is 0 Å². The number of rotatable bonds is 5. The van der Waals surface area contributed by atoms with Crippen LogP contribution in [-0.2, 0) is 22.4 Å². The summed E-state index contributed by atoms with van der Waals surface area (Å²) in [5, 5.41) is 0. The number of carbonyl (C=O) groups is 2. The molecular formula is C26H34N4O2. The number of piperidine rings is 1. The Bertz CT molecular complexity index is 957. The van der Waals surface area contributed by atoms with E-state index in [1.807, 2.05) is 35.8 Å². The summed E-state index contributed by atoms with van der Waals surface area (Å²) in [5.41, 5.74) is 4.99. The molecule has 0 saturated carbocycles. The average molecular weight is 435 g/mol. The number of carbonyl (C=O) groups excluding carboxylic acids is 2. The van der Waals surface area contributed by atoms with E-state index in [9.17, 15) is 9.59 Å². The van der Waals surface area contributed by atoms with Crippen LogP contribution in [0.15, 0.2) is 24.3 Å². The zero-order chi connectivity index (χ0) is 22.7. The first kappa shape index (κ1) is 22.4. The number of aryl methyl sites for hydroxylation is 3. The zero-order valence-electron chi connectivity index (χ0n) is 19.6. The molecule has 0 spiro atoms. The van der Waals surface area contributed by atoms with Crippen LogP contribution in [0.25, 0.3) is 0 Å². The number of aromatic nitrogens is 2. The molecule has 0 N–H and O–H groups in total. The Hall–Kier alpha value is -2.76. The number of benzene rings is 1. The van der Waals surface area contributed by atoms with E-state index in [2.05, 4.69) is 19.1 Å². The highest BCUT2D eigenvalue weighted by Gasteiger charge is 2.28. The number of hydrogen-bond acceptors (Lipinski definition) is 4. The largest absolute Gasteiger partial charge is 0.342 e. The molecule has 1 aromatic heterocycles. The fourth-order valence-corrected chi connectivity index (χ4v) is 4.84. The van der Waals surface area contributed by atoms with Gasteiger partial charge in [-0.2, -0.15) is 0 Å².